The van der Waals surface area contributed by atoms with Crippen molar-refractivity contribution in [1.29, 1.82) is 0 Å². The van der Waals surface area contributed by atoms with E-state index in [1.807, 2.05) is 0 Å². The molecule has 2 heterocycles. The van der Waals surface area contributed by atoms with Gasteiger partial charge in [-0.15, -0.1) is 0 Å². The minimum absolute atomic E-state index is 0.535. The smallest absolute Gasteiger partial charge is 0.230 e. The molecule has 9 heteroatoms. The van der Waals surface area contributed by atoms with E-state index in [2.05, 4.69) is 27.1 Å². The van der Waals surface area contributed by atoms with E-state index in [9.17, 15) is 0 Å². The number of hydrogen-bond donors (Lipinski definition) is 2. The summed E-state index contributed by atoms with van der Waals surface area (Å²) in [4.78, 5) is 16.2. The van der Waals surface area contributed by atoms with Crippen LogP contribution in [0.2, 0.25) is 0 Å². The molecule has 0 spiro atoms. The Kier molecular flexibility index (Phi) is 15.0. The van der Waals surface area contributed by atoms with Gasteiger partial charge in [0.1, 0.15) is 5.82 Å². The molecule has 0 bridgehead atoms. The highest BCUT2D eigenvalue weighted by Crippen LogP contribution is 2.15. The second-order valence-corrected chi connectivity index (χ2v) is 8.14. The highest BCUT2D eigenvalue weighted by atomic mass is 16.5. The molecule has 2 rings (SSSR count). The number of rotatable bonds is 19. The third-order valence-electron chi connectivity index (χ3n) is 5.38. The zero-order valence-electron chi connectivity index (χ0n) is 20.0. The lowest BCUT2D eigenvalue weighted by Gasteiger charge is -2.27. The quantitative estimate of drug-likeness (QED) is 0.306. The summed E-state index contributed by atoms with van der Waals surface area (Å²) in [6.45, 7) is 8.73. The molecule has 0 aromatic carbocycles. The second kappa shape index (κ2) is 17.9. The van der Waals surface area contributed by atoms with Crippen LogP contribution in [0.15, 0.2) is 0 Å². The van der Waals surface area contributed by atoms with E-state index in [1.54, 1.807) is 0 Å². The Morgan fingerprint density at radius 2 is 1.56 bits per heavy atom. The average Bonchev–Trinajstić information content (AvgIpc) is 2.83. The molecular weight excluding hydrogens is 408 g/mol. The van der Waals surface area contributed by atoms with Gasteiger partial charge in [-0.3, -0.25) is 0 Å². The van der Waals surface area contributed by atoms with E-state index in [4.69, 9.17) is 24.9 Å². The first-order chi connectivity index (χ1) is 15.8. The highest BCUT2D eigenvalue weighted by Gasteiger charge is 2.16. The number of hydrogen-bond acceptors (Lipinski definition) is 9. The molecule has 1 aromatic rings. The molecule has 0 atom stereocenters. The monoisotopic (exact) mass is 452 g/mol. The third kappa shape index (κ3) is 11.9. The van der Waals surface area contributed by atoms with Gasteiger partial charge >= 0.3 is 0 Å². The van der Waals surface area contributed by atoms with Crippen molar-refractivity contribution in [2.45, 2.75) is 64.7 Å². The van der Waals surface area contributed by atoms with Crippen LogP contribution in [0.4, 0.5) is 11.9 Å². The molecule has 0 amide bonds. The lowest BCUT2D eigenvalue weighted by molar-refractivity contribution is 0.0547. The van der Waals surface area contributed by atoms with Gasteiger partial charge in [0.25, 0.3) is 0 Å². The first-order valence-electron chi connectivity index (χ1n) is 12.5. The number of nitrogens with one attached hydrogen (secondary N) is 1. The number of morpholine rings is 1. The van der Waals surface area contributed by atoms with Gasteiger partial charge in [-0.1, -0.05) is 51.9 Å². The Hall–Kier alpha value is -1.55. The maximum absolute atomic E-state index is 5.58. The molecule has 0 aliphatic carbocycles. The van der Waals surface area contributed by atoms with Crippen molar-refractivity contribution in [2.75, 3.05) is 76.0 Å². The SMILES string of the molecule is CCCCCCCCCCc1nc(NCCOCCOCCN)nc(N2CCOCC2)n1. The number of aryl methyl sites for hydroxylation is 1. The van der Waals surface area contributed by atoms with Crippen LogP contribution < -0.4 is 16.0 Å². The molecule has 184 valence electrons. The van der Waals surface area contributed by atoms with Crippen molar-refractivity contribution in [3.63, 3.8) is 0 Å². The standard InChI is InChI=1S/C23H44N6O3/c1-2-3-4-5-6-7-8-9-10-21-26-22(25-12-16-31-20-19-30-15-11-24)28-23(27-21)29-13-17-32-18-14-29/h2-20,24H2,1H3,(H,25,26,27,28). The van der Waals surface area contributed by atoms with Crippen LogP contribution in [0, 0.1) is 0 Å². The molecule has 3 N–H and O–H groups in total. The Bertz CT molecular complexity index is 549. The summed E-state index contributed by atoms with van der Waals surface area (Å²) in [5.74, 6) is 2.24. The van der Waals surface area contributed by atoms with Crippen LogP contribution in [-0.2, 0) is 20.6 Å². The van der Waals surface area contributed by atoms with Gasteiger partial charge < -0.3 is 30.2 Å². The van der Waals surface area contributed by atoms with E-state index < -0.39 is 0 Å². The molecule has 0 unspecified atom stereocenters. The van der Waals surface area contributed by atoms with E-state index >= 15 is 0 Å². The molecule has 0 saturated carbocycles. The minimum atomic E-state index is 0.535. The number of anilines is 2. The van der Waals surface area contributed by atoms with E-state index in [0.29, 0.717) is 58.7 Å². The minimum Gasteiger partial charge on any atom is -0.378 e. The van der Waals surface area contributed by atoms with Crippen molar-refractivity contribution in [3.8, 4) is 0 Å². The van der Waals surface area contributed by atoms with Crippen LogP contribution in [0.5, 0.6) is 0 Å². The first kappa shape index (κ1) is 26.7. The summed E-state index contributed by atoms with van der Waals surface area (Å²) < 4.78 is 16.4. The van der Waals surface area contributed by atoms with Crippen molar-refractivity contribution in [1.82, 2.24) is 15.0 Å². The van der Waals surface area contributed by atoms with Crippen LogP contribution >= 0.6 is 0 Å². The molecule has 9 nitrogen and oxygen atoms in total. The summed E-state index contributed by atoms with van der Waals surface area (Å²) >= 11 is 0. The molecule has 1 fully saturated rings. The van der Waals surface area contributed by atoms with Gasteiger partial charge in [0.15, 0.2) is 0 Å². The molecule has 1 saturated heterocycles. The highest BCUT2D eigenvalue weighted by molar-refractivity contribution is 5.37. The predicted octanol–water partition coefficient (Wildman–Crippen LogP) is 2.80. The van der Waals surface area contributed by atoms with Crippen LogP contribution in [0.1, 0.15) is 64.1 Å². The van der Waals surface area contributed by atoms with Gasteiger partial charge in [-0.05, 0) is 6.42 Å². The van der Waals surface area contributed by atoms with Gasteiger partial charge in [-0.25, -0.2) is 0 Å². The normalized spacial score (nSPS) is 14.1. The Morgan fingerprint density at radius 3 is 2.28 bits per heavy atom. The predicted molar refractivity (Wildman–Crippen MR) is 128 cm³/mol. The van der Waals surface area contributed by atoms with Gasteiger partial charge in [0.05, 0.1) is 39.6 Å². The fraction of sp³-hybridized carbons (Fsp3) is 0.870. The second-order valence-electron chi connectivity index (χ2n) is 8.14. The van der Waals surface area contributed by atoms with E-state index in [0.717, 1.165) is 37.7 Å². The number of nitrogens with two attached hydrogens (primary N) is 1. The summed E-state index contributed by atoms with van der Waals surface area (Å²) in [6.07, 6.45) is 11.2. The summed E-state index contributed by atoms with van der Waals surface area (Å²) in [5, 5.41) is 3.29. The molecule has 32 heavy (non-hydrogen) atoms. The number of ether oxygens (including phenoxy) is 3. The maximum Gasteiger partial charge on any atom is 0.230 e. The zero-order chi connectivity index (χ0) is 22.7. The fourth-order valence-electron chi connectivity index (χ4n) is 3.56. The Labute approximate surface area is 193 Å². The van der Waals surface area contributed by atoms with Crippen LogP contribution in [0.25, 0.3) is 0 Å². The zero-order valence-corrected chi connectivity index (χ0v) is 20.0. The molecule has 1 aliphatic rings. The van der Waals surface area contributed by atoms with Crippen molar-refractivity contribution in [3.05, 3.63) is 5.82 Å². The van der Waals surface area contributed by atoms with Crippen LogP contribution in [-0.4, -0.2) is 80.8 Å². The van der Waals surface area contributed by atoms with Crippen molar-refractivity contribution < 1.29 is 14.2 Å². The lowest BCUT2D eigenvalue weighted by atomic mass is 10.1. The average molecular weight is 453 g/mol. The molecular formula is C23H44N6O3. The molecule has 1 aliphatic heterocycles. The Morgan fingerprint density at radius 1 is 0.875 bits per heavy atom. The summed E-state index contributed by atoms with van der Waals surface area (Å²) in [6, 6.07) is 0. The molecule has 1 aromatic heterocycles. The lowest BCUT2D eigenvalue weighted by Crippen LogP contribution is -2.37. The van der Waals surface area contributed by atoms with Gasteiger partial charge in [-0.2, -0.15) is 15.0 Å². The van der Waals surface area contributed by atoms with Crippen LogP contribution in [0.3, 0.4) is 0 Å². The fourth-order valence-corrected chi connectivity index (χ4v) is 3.56. The number of unbranched alkanes of at least 4 members (excludes halogenated alkanes) is 7. The first-order valence-corrected chi connectivity index (χ1v) is 12.5. The summed E-state index contributed by atoms with van der Waals surface area (Å²) in [7, 11) is 0. The van der Waals surface area contributed by atoms with Crippen molar-refractivity contribution >= 4 is 11.9 Å². The van der Waals surface area contributed by atoms with E-state index in [-0.39, 0.29) is 0 Å². The van der Waals surface area contributed by atoms with E-state index in [1.165, 1.54) is 44.9 Å². The summed E-state index contributed by atoms with van der Waals surface area (Å²) in [5.41, 5.74) is 5.40. The molecule has 0 radical (unpaired) electrons. The Balaban J connectivity index is 1.77. The van der Waals surface area contributed by atoms with Crippen molar-refractivity contribution in [2.24, 2.45) is 5.73 Å². The van der Waals surface area contributed by atoms with Gasteiger partial charge in [0, 0.05) is 32.6 Å². The topological polar surface area (TPSA) is 108 Å². The number of aromatic nitrogens is 3. The number of nitrogens with zero attached hydrogens (tertiary/aromatic N) is 4. The maximum atomic E-state index is 5.58. The third-order valence-corrected chi connectivity index (χ3v) is 5.38. The largest absolute Gasteiger partial charge is 0.378 e. The van der Waals surface area contributed by atoms with Gasteiger partial charge in [0.2, 0.25) is 11.9 Å².